The molecule has 4 N–H and O–H groups in total. The van der Waals surface area contributed by atoms with Crippen molar-refractivity contribution in [3.8, 4) is 5.75 Å². The second-order valence-electron chi connectivity index (χ2n) is 11.5. The normalized spacial score (nSPS) is 20.7. The lowest BCUT2D eigenvalue weighted by Gasteiger charge is -2.32. The molecule has 3 aromatic rings. The molecular weight excluding hydrogens is 529 g/mol. The van der Waals surface area contributed by atoms with E-state index < -0.39 is 11.7 Å². The molecule has 2 unspecified atom stereocenters. The number of carbonyl (C=O) groups is 1. The molecule has 3 aliphatic heterocycles. The number of aromatic hydroxyl groups is 1. The maximum Gasteiger partial charge on any atom is 0.416 e. The van der Waals surface area contributed by atoms with Crippen molar-refractivity contribution in [2.24, 2.45) is 0 Å². The first kappa shape index (κ1) is 27.6. The molecule has 216 valence electrons. The van der Waals surface area contributed by atoms with Crippen LogP contribution in [0.15, 0.2) is 48.5 Å². The van der Waals surface area contributed by atoms with Crippen LogP contribution in [0.3, 0.4) is 0 Å². The average molecular weight is 565 g/mol. The molecule has 6 nitrogen and oxygen atoms in total. The number of aryl methyl sites for hydroxylation is 1. The van der Waals surface area contributed by atoms with E-state index >= 15 is 0 Å². The molecule has 0 aliphatic carbocycles. The zero-order valence-electron chi connectivity index (χ0n) is 23.1. The van der Waals surface area contributed by atoms with Crippen molar-refractivity contribution in [3.63, 3.8) is 0 Å². The summed E-state index contributed by atoms with van der Waals surface area (Å²) in [6.45, 7) is 4.83. The number of carbonyl (C=O) groups excluding carboxylic acids is 1. The van der Waals surface area contributed by atoms with E-state index in [4.69, 9.17) is 0 Å². The predicted octanol–water partition coefficient (Wildman–Crippen LogP) is 5.01. The Kier molecular flexibility index (Phi) is 7.42. The summed E-state index contributed by atoms with van der Waals surface area (Å²) in [6.07, 6.45) is -1.74. The van der Waals surface area contributed by atoms with Gasteiger partial charge in [0.05, 0.1) is 17.6 Å². The zero-order valence-corrected chi connectivity index (χ0v) is 23.1. The van der Waals surface area contributed by atoms with E-state index in [1.807, 2.05) is 19.1 Å². The summed E-state index contributed by atoms with van der Waals surface area (Å²) in [4.78, 5) is 15.6. The van der Waals surface area contributed by atoms with Gasteiger partial charge in [0.1, 0.15) is 5.75 Å². The minimum Gasteiger partial charge on any atom is -0.508 e. The van der Waals surface area contributed by atoms with Gasteiger partial charge in [0.15, 0.2) is 0 Å². The molecule has 41 heavy (non-hydrogen) atoms. The van der Waals surface area contributed by atoms with Gasteiger partial charge in [-0.25, -0.2) is 0 Å². The van der Waals surface area contributed by atoms with Gasteiger partial charge in [-0.05, 0) is 102 Å². The Morgan fingerprint density at radius 3 is 2.76 bits per heavy atom. The summed E-state index contributed by atoms with van der Waals surface area (Å²) in [6, 6.07) is 13.6. The lowest BCUT2D eigenvalue weighted by Crippen LogP contribution is -2.47. The molecule has 9 heteroatoms. The lowest BCUT2D eigenvalue weighted by atomic mass is 9.92. The molecule has 3 heterocycles. The van der Waals surface area contributed by atoms with Gasteiger partial charge in [-0.3, -0.25) is 9.69 Å². The number of nitrogens with one attached hydrogen (secondary N) is 3. The SMILES string of the molecule is Cc1cc(O)cc2c1CC(C(=O)NC1CCNc3ccc(CN4CCc5cccc(C(F)(F)F)c5C4)cc31)NCC2. The molecule has 3 aromatic carbocycles. The quantitative estimate of drug-likeness (QED) is 0.359. The van der Waals surface area contributed by atoms with Crippen molar-refractivity contribution in [2.45, 2.75) is 64.0 Å². The van der Waals surface area contributed by atoms with Gasteiger partial charge in [0, 0.05) is 31.9 Å². The van der Waals surface area contributed by atoms with E-state index in [1.54, 1.807) is 18.2 Å². The van der Waals surface area contributed by atoms with Gasteiger partial charge >= 0.3 is 6.18 Å². The van der Waals surface area contributed by atoms with Crippen molar-refractivity contribution in [2.75, 3.05) is 25.0 Å². The van der Waals surface area contributed by atoms with Crippen LogP contribution in [0.4, 0.5) is 18.9 Å². The smallest absolute Gasteiger partial charge is 0.416 e. The number of rotatable bonds is 4. The van der Waals surface area contributed by atoms with Crippen LogP contribution in [-0.2, 0) is 43.3 Å². The van der Waals surface area contributed by atoms with Crippen LogP contribution in [0.5, 0.6) is 5.75 Å². The van der Waals surface area contributed by atoms with Crippen LogP contribution in [-0.4, -0.2) is 41.6 Å². The second-order valence-corrected chi connectivity index (χ2v) is 11.5. The highest BCUT2D eigenvalue weighted by atomic mass is 19.4. The van der Waals surface area contributed by atoms with E-state index in [2.05, 4.69) is 26.9 Å². The summed E-state index contributed by atoms with van der Waals surface area (Å²) >= 11 is 0. The Labute approximate surface area is 237 Å². The van der Waals surface area contributed by atoms with Crippen molar-refractivity contribution in [1.29, 1.82) is 0 Å². The van der Waals surface area contributed by atoms with Crippen LogP contribution in [0.1, 0.15) is 57.0 Å². The summed E-state index contributed by atoms with van der Waals surface area (Å²) < 4.78 is 41.0. The Balaban J connectivity index is 1.17. The van der Waals surface area contributed by atoms with Crippen molar-refractivity contribution in [3.05, 3.63) is 93.0 Å². The molecule has 0 saturated carbocycles. The molecule has 3 aliphatic rings. The van der Waals surface area contributed by atoms with Crippen molar-refractivity contribution < 1.29 is 23.1 Å². The number of amides is 1. The number of halogens is 3. The fourth-order valence-electron chi connectivity index (χ4n) is 6.61. The Hall–Kier alpha value is -3.56. The number of phenolic OH excluding ortho intramolecular Hbond substituents is 1. The van der Waals surface area contributed by atoms with E-state index in [0.29, 0.717) is 38.0 Å². The molecule has 0 fully saturated rings. The Morgan fingerprint density at radius 2 is 1.93 bits per heavy atom. The first-order chi connectivity index (χ1) is 19.7. The van der Waals surface area contributed by atoms with Gasteiger partial charge in [-0.1, -0.05) is 24.3 Å². The molecule has 0 bridgehead atoms. The number of hydrogen-bond donors (Lipinski definition) is 4. The molecule has 0 spiro atoms. The van der Waals surface area contributed by atoms with E-state index in [9.17, 15) is 23.1 Å². The third kappa shape index (κ3) is 5.78. The first-order valence-corrected chi connectivity index (χ1v) is 14.3. The fraction of sp³-hybridized carbons (Fsp3) is 0.406. The topological polar surface area (TPSA) is 76.6 Å². The van der Waals surface area contributed by atoms with Gasteiger partial charge < -0.3 is 21.1 Å². The summed E-state index contributed by atoms with van der Waals surface area (Å²) in [5.41, 5.74) is 6.76. The van der Waals surface area contributed by atoms with E-state index in [-0.39, 0.29) is 30.3 Å². The van der Waals surface area contributed by atoms with Crippen molar-refractivity contribution >= 4 is 11.6 Å². The third-order valence-electron chi connectivity index (χ3n) is 8.68. The molecule has 0 aromatic heterocycles. The standard InChI is InChI=1S/C32H35F3N4O2/c1-19-13-23(40)15-22-7-10-37-30(16-24(19)22)31(41)38-29-8-11-36-28-6-5-20(14-25(28)29)17-39-12-9-21-3-2-4-27(26(21)18-39)32(33,34)35/h2-6,13-15,29-30,36-37,40H,7-12,16-18H2,1H3,(H,38,41). The Bertz CT molecular complexity index is 1470. The number of hydrogen-bond acceptors (Lipinski definition) is 5. The largest absolute Gasteiger partial charge is 0.508 e. The second kappa shape index (κ2) is 11.0. The number of fused-ring (bicyclic) bond motifs is 3. The van der Waals surface area contributed by atoms with E-state index in [0.717, 1.165) is 58.5 Å². The minimum atomic E-state index is -4.37. The monoisotopic (exact) mass is 564 g/mol. The van der Waals surface area contributed by atoms with Crippen LogP contribution >= 0.6 is 0 Å². The molecule has 1 amide bonds. The maximum atomic E-state index is 13.7. The minimum absolute atomic E-state index is 0.0547. The van der Waals surface area contributed by atoms with Crippen LogP contribution in [0, 0.1) is 6.92 Å². The van der Waals surface area contributed by atoms with Gasteiger partial charge in [-0.2, -0.15) is 13.2 Å². The lowest BCUT2D eigenvalue weighted by molar-refractivity contribution is -0.138. The summed E-state index contributed by atoms with van der Waals surface area (Å²) in [5, 5.41) is 20.1. The van der Waals surface area contributed by atoms with Gasteiger partial charge in [-0.15, -0.1) is 0 Å². The predicted molar refractivity (Wildman–Crippen MR) is 152 cm³/mol. The maximum absolute atomic E-state index is 13.7. The van der Waals surface area contributed by atoms with Gasteiger partial charge in [0.2, 0.25) is 5.91 Å². The summed E-state index contributed by atoms with van der Waals surface area (Å²) in [7, 11) is 0. The first-order valence-electron chi connectivity index (χ1n) is 14.3. The highest BCUT2D eigenvalue weighted by Gasteiger charge is 2.35. The third-order valence-corrected chi connectivity index (χ3v) is 8.68. The summed E-state index contributed by atoms with van der Waals surface area (Å²) in [5.74, 6) is 0.196. The number of benzene rings is 3. The van der Waals surface area contributed by atoms with Crippen LogP contribution < -0.4 is 16.0 Å². The fourth-order valence-corrected chi connectivity index (χ4v) is 6.61. The molecule has 0 radical (unpaired) electrons. The Morgan fingerprint density at radius 1 is 1.07 bits per heavy atom. The molecule has 2 atom stereocenters. The van der Waals surface area contributed by atoms with Crippen LogP contribution in [0.25, 0.3) is 0 Å². The molecule has 0 saturated heterocycles. The van der Waals surface area contributed by atoms with Crippen LogP contribution in [0.2, 0.25) is 0 Å². The van der Waals surface area contributed by atoms with Crippen molar-refractivity contribution in [1.82, 2.24) is 15.5 Å². The molecular formula is C32H35F3N4O2. The van der Waals surface area contributed by atoms with Gasteiger partial charge in [0.25, 0.3) is 0 Å². The average Bonchev–Trinajstić information content (AvgIpc) is 3.15. The zero-order chi connectivity index (χ0) is 28.7. The highest BCUT2D eigenvalue weighted by molar-refractivity contribution is 5.83. The number of phenols is 1. The number of alkyl halides is 3. The highest BCUT2D eigenvalue weighted by Crippen LogP contribution is 2.37. The number of nitrogens with zero attached hydrogens (tertiary/aromatic N) is 1. The number of anilines is 1. The van der Waals surface area contributed by atoms with E-state index in [1.165, 1.54) is 12.1 Å². The molecule has 6 rings (SSSR count).